The van der Waals surface area contributed by atoms with Crippen LogP contribution in [0.3, 0.4) is 0 Å². The van der Waals surface area contributed by atoms with Gasteiger partial charge in [0, 0.05) is 12.7 Å². The fourth-order valence-corrected chi connectivity index (χ4v) is 2.00. The highest BCUT2D eigenvalue weighted by molar-refractivity contribution is 6.33. The zero-order valence-corrected chi connectivity index (χ0v) is 12.9. The van der Waals surface area contributed by atoms with Crippen molar-refractivity contribution in [2.45, 2.75) is 6.42 Å². The monoisotopic (exact) mass is 317 g/mol. The zero-order chi connectivity index (χ0) is 15.8. The predicted molar refractivity (Wildman–Crippen MR) is 85.6 cm³/mol. The molecule has 1 heterocycles. The zero-order valence-electron chi connectivity index (χ0n) is 12.2. The summed E-state index contributed by atoms with van der Waals surface area (Å²) >= 11 is 6.03. The van der Waals surface area contributed by atoms with Gasteiger partial charge in [-0.15, -0.1) is 0 Å². The topological polar surface area (TPSA) is 67.2 Å². The predicted octanol–water partition coefficient (Wildman–Crippen LogP) is 3.50. The molecule has 0 aliphatic carbocycles. The van der Waals surface area contributed by atoms with E-state index in [2.05, 4.69) is 10.3 Å². The van der Waals surface area contributed by atoms with E-state index in [0.717, 1.165) is 17.9 Å². The summed E-state index contributed by atoms with van der Waals surface area (Å²) in [6.07, 6.45) is 2.28. The number of anilines is 1. The fraction of sp³-hybridized carbons (Fsp3) is 0.250. The molecule has 0 fully saturated rings. The molecular weight excluding hydrogens is 302 g/mol. The van der Waals surface area contributed by atoms with Crippen LogP contribution in [0.5, 0.6) is 11.5 Å². The number of halogens is 1. The molecule has 0 radical (unpaired) electrons. The van der Waals surface area contributed by atoms with E-state index >= 15 is 0 Å². The smallest absolute Gasteiger partial charge is 0.144 e. The van der Waals surface area contributed by atoms with Crippen molar-refractivity contribution in [1.82, 2.24) is 4.98 Å². The van der Waals surface area contributed by atoms with Crippen LogP contribution in [0.2, 0.25) is 5.02 Å². The first-order chi connectivity index (χ1) is 10.7. The van der Waals surface area contributed by atoms with Gasteiger partial charge in [-0.1, -0.05) is 11.6 Å². The highest BCUT2D eigenvalue weighted by atomic mass is 35.5. The van der Waals surface area contributed by atoms with Crippen LogP contribution in [0.4, 0.5) is 5.82 Å². The molecule has 114 valence electrons. The van der Waals surface area contributed by atoms with Crippen molar-refractivity contribution in [3.8, 4) is 17.6 Å². The molecule has 2 rings (SSSR count). The SMILES string of the molecule is COc1ccc(OCCCNc2ncc(C#N)cc2Cl)cc1. The number of aromatic nitrogens is 1. The number of benzene rings is 1. The Morgan fingerprint density at radius 2 is 2.00 bits per heavy atom. The average molecular weight is 318 g/mol. The second-order valence-electron chi connectivity index (χ2n) is 4.47. The molecule has 22 heavy (non-hydrogen) atoms. The molecule has 0 aliphatic rings. The van der Waals surface area contributed by atoms with Crippen molar-refractivity contribution in [2.75, 3.05) is 25.6 Å². The van der Waals surface area contributed by atoms with Crippen molar-refractivity contribution in [2.24, 2.45) is 0 Å². The summed E-state index contributed by atoms with van der Waals surface area (Å²) < 4.78 is 10.7. The summed E-state index contributed by atoms with van der Waals surface area (Å²) in [6.45, 7) is 1.25. The van der Waals surface area contributed by atoms with Gasteiger partial charge in [-0.05, 0) is 36.8 Å². The number of pyridine rings is 1. The minimum atomic E-state index is 0.440. The lowest BCUT2D eigenvalue weighted by Gasteiger charge is -2.09. The number of hydrogen-bond acceptors (Lipinski definition) is 5. The van der Waals surface area contributed by atoms with E-state index in [1.807, 2.05) is 30.3 Å². The van der Waals surface area contributed by atoms with E-state index in [1.165, 1.54) is 6.20 Å². The number of rotatable bonds is 7. The molecule has 0 unspecified atom stereocenters. The van der Waals surface area contributed by atoms with Crippen molar-refractivity contribution >= 4 is 17.4 Å². The summed E-state index contributed by atoms with van der Waals surface area (Å²) in [5.74, 6) is 2.18. The largest absolute Gasteiger partial charge is 0.497 e. The van der Waals surface area contributed by atoms with E-state index in [9.17, 15) is 0 Å². The Kier molecular flexibility index (Phi) is 5.87. The Bertz CT molecular complexity index is 653. The van der Waals surface area contributed by atoms with E-state index in [0.29, 0.717) is 29.6 Å². The molecular formula is C16H16ClN3O2. The lowest BCUT2D eigenvalue weighted by Crippen LogP contribution is -2.08. The third-order valence-corrected chi connectivity index (χ3v) is 3.20. The Hall–Kier alpha value is -2.45. The van der Waals surface area contributed by atoms with Crippen LogP contribution < -0.4 is 14.8 Å². The maximum atomic E-state index is 8.75. The Morgan fingerprint density at radius 1 is 1.27 bits per heavy atom. The first-order valence-electron chi connectivity index (χ1n) is 6.79. The molecule has 0 aliphatic heterocycles. The highest BCUT2D eigenvalue weighted by Crippen LogP contribution is 2.20. The number of ether oxygens (including phenoxy) is 2. The third-order valence-electron chi connectivity index (χ3n) is 2.91. The number of nitrogens with one attached hydrogen (secondary N) is 1. The van der Waals surface area contributed by atoms with Gasteiger partial charge in [0.25, 0.3) is 0 Å². The molecule has 0 bridgehead atoms. The molecule has 5 nitrogen and oxygen atoms in total. The molecule has 0 amide bonds. The number of methoxy groups -OCH3 is 1. The lowest BCUT2D eigenvalue weighted by molar-refractivity contribution is 0.314. The molecule has 2 aromatic rings. The van der Waals surface area contributed by atoms with E-state index in [1.54, 1.807) is 13.2 Å². The van der Waals surface area contributed by atoms with Gasteiger partial charge in [0.2, 0.25) is 0 Å². The van der Waals surface area contributed by atoms with Crippen molar-refractivity contribution in [1.29, 1.82) is 5.26 Å². The Morgan fingerprint density at radius 3 is 2.64 bits per heavy atom. The van der Waals surface area contributed by atoms with Gasteiger partial charge in [-0.2, -0.15) is 5.26 Å². The Balaban J connectivity index is 1.72. The van der Waals surface area contributed by atoms with Gasteiger partial charge in [-0.25, -0.2) is 4.98 Å². The van der Waals surface area contributed by atoms with Gasteiger partial charge >= 0.3 is 0 Å². The first kappa shape index (κ1) is 15.9. The number of hydrogen-bond donors (Lipinski definition) is 1. The summed E-state index contributed by atoms with van der Waals surface area (Å²) in [5.41, 5.74) is 0.443. The van der Waals surface area contributed by atoms with Crippen LogP contribution in [0.25, 0.3) is 0 Å². The molecule has 1 aromatic carbocycles. The van der Waals surface area contributed by atoms with Crippen LogP contribution in [0, 0.1) is 11.3 Å². The molecule has 1 aromatic heterocycles. The highest BCUT2D eigenvalue weighted by Gasteiger charge is 2.02. The number of nitrogens with zero attached hydrogens (tertiary/aromatic N) is 2. The van der Waals surface area contributed by atoms with Crippen molar-refractivity contribution in [3.05, 3.63) is 47.1 Å². The van der Waals surface area contributed by atoms with Gasteiger partial charge in [0.1, 0.15) is 23.4 Å². The van der Waals surface area contributed by atoms with E-state index < -0.39 is 0 Å². The molecule has 0 atom stereocenters. The van der Waals surface area contributed by atoms with E-state index in [-0.39, 0.29) is 0 Å². The maximum absolute atomic E-state index is 8.75. The summed E-state index contributed by atoms with van der Waals surface area (Å²) in [6, 6.07) is 11.0. The normalized spacial score (nSPS) is 9.86. The second-order valence-corrected chi connectivity index (χ2v) is 4.88. The second kappa shape index (κ2) is 8.11. The molecule has 0 saturated carbocycles. The van der Waals surface area contributed by atoms with Crippen LogP contribution in [0.1, 0.15) is 12.0 Å². The lowest BCUT2D eigenvalue weighted by atomic mass is 10.3. The first-order valence-corrected chi connectivity index (χ1v) is 7.17. The molecule has 1 N–H and O–H groups in total. The quantitative estimate of drug-likeness (QED) is 0.792. The van der Waals surface area contributed by atoms with Crippen LogP contribution in [0.15, 0.2) is 36.5 Å². The van der Waals surface area contributed by atoms with Gasteiger partial charge in [0.15, 0.2) is 0 Å². The summed E-state index contributed by atoms with van der Waals surface area (Å²) in [7, 11) is 1.63. The van der Waals surface area contributed by atoms with Gasteiger partial charge in [0.05, 0.1) is 24.3 Å². The molecule has 0 saturated heterocycles. The molecule has 6 heteroatoms. The van der Waals surface area contributed by atoms with Crippen LogP contribution in [-0.2, 0) is 0 Å². The fourth-order valence-electron chi connectivity index (χ4n) is 1.77. The van der Waals surface area contributed by atoms with Crippen molar-refractivity contribution in [3.63, 3.8) is 0 Å². The minimum Gasteiger partial charge on any atom is -0.497 e. The van der Waals surface area contributed by atoms with Gasteiger partial charge in [-0.3, -0.25) is 0 Å². The Labute approximate surface area is 134 Å². The minimum absolute atomic E-state index is 0.440. The van der Waals surface area contributed by atoms with Crippen molar-refractivity contribution < 1.29 is 9.47 Å². The summed E-state index contributed by atoms with van der Waals surface area (Å²) in [4.78, 5) is 4.10. The van der Waals surface area contributed by atoms with E-state index in [4.69, 9.17) is 26.3 Å². The third kappa shape index (κ3) is 4.54. The van der Waals surface area contributed by atoms with Crippen LogP contribution >= 0.6 is 11.6 Å². The van der Waals surface area contributed by atoms with Crippen LogP contribution in [-0.4, -0.2) is 25.2 Å². The number of nitriles is 1. The average Bonchev–Trinajstić information content (AvgIpc) is 2.56. The van der Waals surface area contributed by atoms with Gasteiger partial charge < -0.3 is 14.8 Å². The standard InChI is InChI=1S/C16H16ClN3O2/c1-21-13-3-5-14(6-4-13)22-8-2-7-19-16-15(17)9-12(10-18)11-20-16/h3-6,9,11H,2,7-8H2,1H3,(H,19,20). The summed E-state index contributed by atoms with van der Waals surface area (Å²) in [5, 5.41) is 12.3. The maximum Gasteiger partial charge on any atom is 0.144 e. The molecule has 0 spiro atoms.